The number of hydrogen-bond acceptors (Lipinski definition) is 5. The first-order chi connectivity index (χ1) is 12.3. The van der Waals surface area contributed by atoms with Gasteiger partial charge >= 0.3 is 0 Å². The van der Waals surface area contributed by atoms with Crippen molar-refractivity contribution in [3.8, 4) is 0 Å². The van der Waals surface area contributed by atoms with Crippen molar-refractivity contribution in [2.75, 3.05) is 11.5 Å². The van der Waals surface area contributed by atoms with Crippen LogP contribution < -0.4 is 0 Å². The van der Waals surface area contributed by atoms with Gasteiger partial charge in [-0.3, -0.25) is 0 Å². The van der Waals surface area contributed by atoms with Crippen LogP contribution in [0, 0.1) is 0 Å². The van der Waals surface area contributed by atoms with E-state index in [1.807, 2.05) is 0 Å². The van der Waals surface area contributed by atoms with Gasteiger partial charge < -0.3 is 4.42 Å². The van der Waals surface area contributed by atoms with E-state index < -0.39 is 25.9 Å². The van der Waals surface area contributed by atoms with Crippen LogP contribution in [0.3, 0.4) is 0 Å². The number of rotatable bonds is 6. The lowest BCUT2D eigenvalue weighted by molar-refractivity contribution is 0.310. The zero-order valence-corrected chi connectivity index (χ0v) is 16.2. The molecule has 26 heavy (non-hydrogen) atoms. The molecular weight excluding hydrogens is 398 g/mol. The summed E-state index contributed by atoms with van der Waals surface area (Å²) >= 11 is 5.83. The van der Waals surface area contributed by atoms with Gasteiger partial charge in [0.2, 0.25) is 10.0 Å². The fourth-order valence-electron chi connectivity index (χ4n) is 2.80. The zero-order valence-electron chi connectivity index (χ0n) is 13.8. The van der Waals surface area contributed by atoms with Crippen molar-refractivity contribution < 1.29 is 21.3 Å². The molecule has 1 saturated heterocycles. The summed E-state index contributed by atoms with van der Waals surface area (Å²) < 4.78 is 55.8. The number of sulfonamides is 1. The largest absolute Gasteiger partial charge is 0.468 e. The summed E-state index contributed by atoms with van der Waals surface area (Å²) in [5, 5.41) is 1.64. The van der Waals surface area contributed by atoms with Crippen LogP contribution in [0.25, 0.3) is 6.08 Å². The smallest absolute Gasteiger partial charge is 0.236 e. The van der Waals surface area contributed by atoms with Crippen LogP contribution >= 0.6 is 11.6 Å². The van der Waals surface area contributed by atoms with Gasteiger partial charge in [-0.25, -0.2) is 16.8 Å². The molecule has 9 heteroatoms. The molecule has 1 aliphatic heterocycles. The van der Waals surface area contributed by atoms with E-state index in [4.69, 9.17) is 16.0 Å². The normalized spacial score (nSPS) is 20.2. The summed E-state index contributed by atoms with van der Waals surface area (Å²) in [6, 6.07) is 9.45. The van der Waals surface area contributed by atoms with Gasteiger partial charge in [-0.2, -0.15) is 4.31 Å². The minimum Gasteiger partial charge on any atom is -0.468 e. The summed E-state index contributed by atoms with van der Waals surface area (Å²) in [7, 11) is -7.07. The Morgan fingerprint density at radius 1 is 1.23 bits per heavy atom. The monoisotopic (exact) mass is 415 g/mol. The van der Waals surface area contributed by atoms with Crippen LogP contribution in [-0.2, 0) is 26.4 Å². The summed E-state index contributed by atoms with van der Waals surface area (Å²) in [5.41, 5.74) is 0.676. The molecule has 0 aliphatic carbocycles. The Kier molecular flexibility index (Phi) is 5.57. The van der Waals surface area contributed by atoms with E-state index >= 15 is 0 Å². The molecule has 1 atom stereocenters. The SMILES string of the molecule is O=S1(=O)CC[C@H](N(Cc2ccco2)S(=O)(=O)/C=C/c2ccc(Cl)cc2)C1. The molecule has 1 fully saturated rings. The summed E-state index contributed by atoms with van der Waals surface area (Å²) in [6.07, 6.45) is 3.19. The van der Waals surface area contributed by atoms with E-state index in [9.17, 15) is 16.8 Å². The van der Waals surface area contributed by atoms with Crippen molar-refractivity contribution in [3.05, 3.63) is 64.4 Å². The number of sulfone groups is 1. The highest BCUT2D eigenvalue weighted by Gasteiger charge is 2.37. The minimum absolute atomic E-state index is 0.0112. The first-order valence-corrected chi connectivity index (χ1v) is 11.6. The van der Waals surface area contributed by atoms with Crippen LogP contribution in [0.15, 0.2) is 52.5 Å². The van der Waals surface area contributed by atoms with E-state index in [-0.39, 0.29) is 24.5 Å². The van der Waals surface area contributed by atoms with Crippen molar-refractivity contribution in [2.45, 2.75) is 19.0 Å². The van der Waals surface area contributed by atoms with Crippen LogP contribution in [0.2, 0.25) is 5.02 Å². The maximum Gasteiger partial charge on any atom is 0.236 e. The van der Waals surface area contributed by atoms with Gasteiger partial charge in [0.15, 0.2) is 9.84 Å². The Balaban J connectivity index is 1.87. The third-order valence-corrected chi connectivity index (χ3v) is 7.70. The van der Waals surface area contributed by atoms with Crippen LogP contribution in [0.4, 0.5) is 0 Å². The van der Waals surface area contributed by atoms with Gasteiger partial charge in [-0.05, 0) is 42.3 Å². The van der Waals surface area contributed by atoms with Crippen LogP contribution in [-0.4, -0.2) is 38.7 Å². The van der Waals surface area contributed by atoms with Crippen molar-refractivity contribution >= 4 is 37.5 Å². The molecule has 1 aromatic carbocycles. The molecule has 3 rings (SSSR count). The van der Waals surface area contributed by atoms with Gasteiger partial charge in [-0.15, -0.1) is 0 Å². The first-order valence-electron chi connectivity index (χ1n) is 7.93. The summed E-state index contributed by atoms with van der Waals surface area (Å²) in [4.78, 5) is 0. The van der Waals surface area contributed by atoms with E-state index in [0.717, 1.165) is 5.41 Å². The highest BCUT2D eigenvalue weighted by Crippen LogP contribution is 2.24. The minimum atomic E-state index is -3.85. The molecule has 0 spiro atoms. The van der Waals surface area contributed by atoms with E-state index in [1.54, 1.807) is 36.4 Å². The molecule has 6 nitrogen and oxygen atoms in total. The quantitative estimate of drug-likeness (QED) is 0.724. The third kappa shape index (κ3) is 4.76. The number of furan rings is 1. The number of halogens is 1. The second kappa shape index (κ2) is 7.56. The number of benzene rings is 1. The number of hydrogen-bond donors (Lipinski definition) is 0. The topological polar surface area (TPSA) is 84.7 Å². The predicted molar refractivity (Wildman–Crippen MR) is 101 cm³/mol. The van der Waals surface area contributed by atoms with Gasteiger partial charge in [0.1, 0.15) is 5.76 Å². The molecule has 0 amide bonds. The maximum atomic E-state index is 12.9. The average Bonchev–Trinajstić information content (AvgIpc) is 3.21. The summed E-state index contributed by atoms with van der Waals surface area (Å²) in [5.74, 6) is 0.266. The molecule has 2 heterocycles. The summed E-state index contributed by atoms with van der Waals surface area (Å²) in [6.45, 7) is -0.0134. The second-order valence-electron chi connectivity index (χ2n) is 6.08. The molecule has 140 valence electrons. The lowest BCUT2D eigenvalue weighted by Crippen LogP contribution is -2.39. The molecule has 0 saturated carbocycles. The highest BCUT2D eigenvalue weighted by atomic mass is 35.5. The Hall–Kier alpha value is -1.61. The van der Waals surface area contributed by atoms with Crippen molar-refractivity contribution in [2.24, 2.45) is 0 Å². The van der Waals surface area contributed by atoms with E-state index in [1.165, 1.54) is 16.6 Å². The molecule has 0 N–H and O–H groups in total. The number of nitrogens with zero attached hydrogens (tertiary/aromatic N) is 1. The Morgan fingerprint density at radius 3 is 2.54 bits per heavy atom. The molecule has 0 unspecified atom stereocenters. The highest BCUT2D eigenvalue weighted by molar-refractivity contribution is 7.93. The van der Waals surface area contributed by atoms with Crippen molar-refractivity contribution in [1.82, 2.24) is 4.31 Å². The van der Waals surface area contributed by atoms with E-state index in [0.29, 0.717) is 16.3 Å². The van der Waals surface area contributed by atoms with Crippen LogP contribution in [0.5, 0.6) is 0 Å². The lowest BCUT2D eigenvalue weighted by atomic mass is 10.2. The van der Waals surface area contributed by atoms with Crippen molar-refractivity contribution in [3.63, 3.8) is 0 Å². The Bertz CT molecular complexity index is 980. The molecule has 0 radical (unpaired) electrons. The average molecular weight is 416 g/mol. The molecule has 0 bridgehead atoms. The Morgan fingerprint density at radius 2 is 1.96 bits per heavy atom. The van der Waals surface area contributed by atoms with Crippen LogP contribution in [0.1, 0.15) is 17.7 Å². The zero-order chi connectivity index (χ0) is 18.8. The third-order valence-electron chi connectivity index (χ3n) is 4.14. The van der Waals surface area contributed by atoms with Gasteiger partial charge in [0, 0.05) is 16.5 Å². The molecular formula is C17H18ClNO5S2. The van der Waals surface area contributed by atoms with Crippen molar-refractivity contribution in [1.29, 1.82) is 0 Å². The predicted octanol–water partition coefficient (Wildman–Crippen LogP) is 2.92. The first kappa shape index (κ1) is 19.2. The molecule has 1 aromatic heterocycles. The van der Waals surface area contributed by atoms with Gasteiger partial charge in [0.05, 0.1) is 24.3 Å². The maximum absolute atomic E-state index is 12.9. The molecule has 1 aliphatic rings. The Labute approximate surface area is 158 Å². The van der Waals surface area contributed by atoms with Gasteiger partial charge in [-0.1, -0.05) is 23.7 Å². The molecule has 2 aromatic rings. The lowest BCUT2D eigenvalue weighted by Gasteiger charge is -2.24. The second-order valence-corrected chi connectivity index (χ2v) is 10.5. The van der Waals surface area contributed by atoms with E-state index in [2.05, 4.69) is 0 Å². The fraction of sp³-hybridized carbons (Fsp3) is 0.294. The standard InChI is InChI=1S/C17H18ClNO5S2/c18-15-5-3-14(4-6-15)7-11-26(22,23)19(12-17-2-1-9-24-17)16-8-10-25(20,21)13-16/h1-7,9,11,16H,8,10,12-13H2/b11-7+/t16-/m0/s1. The van der Waals surface area contributed by atoms with Gasteiger partial charge in [0.25, 0.3) is 0 Å². The fourth-order valence-corrected chi connectivity index (χ4v) is 6.14.